The fraction of sp³-hybridized carbons (Fsp3) is 0.476. The van der Waals surface area contributed by atoms with Crippen LogP contribution in [0.5, 0.6) is 0 Å². The first kappa shape index (κ1) is 19.7. The fourth-order valence-corrected chi connectivity index (χ4v) is 5.06. The molecule has 1 aliphatic heterocycles. The number of amides is 2. The van der Waals surface area contributed by atoms with Crippen LogP contribution in [0, 0.1) is 5.92 Å². The van der Waals surface area contributed by atoms with Crippen LogP contribution in [0.4, 0.5) is 5.69 Å². The van der Waals surface area contributed by atoms with Crippen LogP contribution in [0.15, 0.2) is 29.8 Å². The van der Waals surface area contributed by atoms with Gasteiger partial charge in [0.15, 0.2) is 6.04 Å². The van der Waals surface area contributed by atoms with Crippen molar-refractivity contribution in [3.8, 4) is 0 Å². The molecule has 2 aromatic rings. The first-order valence-corrected chi connectivity index (χ1v) is 10.8. The molecule has 0 bridgehead atoms. The Bertz CT molecular complexity index is 926. The molecule has 2 amide bonds. The number of ether oxygens (including phenoxy) is 1. The topological polar surface area (TPSA) is 80.6 Å². The molecule has 1 unspecified atom stereocenters. The number of esters is 1. The minimum atomic E-state index is -0.816. The maximum Gasteiger partial charge on any atom is 0.350 e. The summed E-state index contributed by atoms with van der Waals surface area (Å²) in [6.07, 6.45) is 5.88. The van der Waals surface area contributed by atoms with Crippen molar-refractivity contribution < 1.29 is 19.1 Å². The van der Waals surface area contributed by atoms with Crippen molar-refractivity contribution in [1.82, 2.24) is 9.88 Å². The third-order valence-electron chi connectivity index (χ3n) is 5.86. The molecule has 1 aliphatic carbocycles. The SMILES string of the molecule is COC(=O)c1sccc1N1C(=O)Cn2cccc2C1C(=O)NC1CCC(C)CC1. The van der Waals surface area contributed by atoms with Crippen LogP contribution in [-0.2, 0) is 20.9 Å². The van der Waals surface area contributed by atoms with Gasteiger partial charge in [-0.2, -0.15) is 0 Å². The molecule has 0 radical (unpaired) electrons. The molecule has 1 saturated carbocycles. The Kier molecular flexibility index (Phi) is 5.45. The quantitative estimate of drug-likeness (QED) is 0.778. The smallest absolute Gasteiger partial charge is 0.350 e. The van der Waals surface area contributed by atoms with E-state index in [1.165, 1.54) is 23.3 Å². The monoisotopic (exact) mass is 415 g/mol. The van der Waals surface area contributed by atoms with E-state index in [2.05, 4.69) is 12.2 Å². The van der Waals surface area contributed by atoms with Gasteiger partial charge in [-0.15, -0.1) is 11.3 Å². The van der Waals surface area contributed by atoms with Gasteiger partial charge in [0.2, 0.25) is 11.8 Å². The molecule has 0 aromatic carbocycles. The lowest BCUT2D eigenvalue weighted by molar-refractivity contribution is -0.128. The van der Waals surface area contributed by atoms with Gasteiger partial charge in [-0.05, 0) is 55.2 Å². The molecule has 4 rings (SSSR count). The molecule has 1 fully saturated rings. The fourth-order valence-electron chi connectivity index (χ4n) is 4.26. The van der Waals surface area contributed by atoms with E-state index in [0.29, 0.717) is 16.5 Å². The summed E-state index contributed by atoms with van der Waals surface area (Å²) in [5.74, 6) is -0.264. The van der Waals surface area contributed by atoms with Gasteiger partial charge in [0.05, 0.1) is 18.5 Å². The Morgan fingerprint density at radius 3 is 2.69 bits per heavy atom. The van der Waals surface area contributed by atoms with Crippen molar-refractivity contribution in [2.24, 2.45) is 5.92 Å². The van der Waals surface area contributed by atoms with Gasteiger partial charge < -0.3 is 14.6 Å². The largest absolute Gasteiger partial charge is 0.465 e. The number of rotatable bonds is 4. The standard InChI is InChI=1S/C21H25N3O4S/c1-13-5-7-14(8-6-13)22-20(26)18-15-4-3-10-23(15)12-17(25)24(18)16-9-11-29-19(16)21(27)28-2/h3-4,9-11,13-14,18H,5-8,12H2,1-2H3,(H,22,26). The van der Waals surface area contributed by atoms with Gasteiger partial charge in [-0.1, -0.05) is 6.92 Å². The Morgan fingerprint density at radius 1 is 1.21 bits per heavy atom. The maximum absolute atomic E-state index is 13.4. The van der Waals surface area contributed by atoms with Crippen LogP contribution in [0.25, 0.3) is 0 Å². The highest BCUT2D eigenvalue weighted by molar-refractivity contribution is 7.12. The van der Waals surface area contributed by atoms with Crippen LogP contribution >= 0.6 is 11.3 Å². The average molecular weight is 416 g/mol. The van der Waals surface area contributed by atoms with Crippen molar-refractivity contribution in [2.45, 2.75) is 51.2 Å². The lowest BCUT2D eigenvalue weighted by atomic mass is 9.87. The summed E-state index contributed by atoms with van der Waals surface area (Å²) in [6.45, 7) is 2.36. The van der Waals surface area contributed by atoms with E-state index in [-0.39, 0.29) is 24.4 Å². The molecule has 1 N–H and O–H groups in total. The number of thiophene rings is 1. The van der Waals surface area contributed by atoms with Crippen LogP contribution in [-0.4, -0.2) is 35.5 Å². The molecule has 2 aromatic heterocycles. The Hall–Kier alpha value is -2.61. The number of hydrogen-bond acceptors (Lipinski definition) is 5. The third kappa shape index (κ3) is 3.69. The van der Waals surface area contributed by atoms with Crippen molar-refractivity contribution >= 4 is 34.8 Å². The summed E-state index contributed by atoms with van der Waals surface area (Å²) in [5, 5.41) is 4.89. The minimum absolute atomic E-state index is 0.114. The number of nitrogens with one attached hydrogen (secondary N) is 1. The Morgan fingerprint density at radius 2 is 1.97 bits per heavy atom. The van der Waals surface area contributed by atoms with E-state index in [0.717, 1.165) is 31.4 Å². The predicted molar refractivity (Wildman–Crippen MR) is 110 cm³/mol. The summed E-state index contributed by atoms with van der Waals surface area (Å²) < 4.78 is 6.67. The molecule has 0 spiro atoms. The van der Waals surface area contributed by atoms with Gasteiger partial charge in [-0.3, -0.25) is 14.5 Å². The van der Waals surface area contributed by atoms with Gasteiger partial charge >= 0.3 is 5.97 Å². The van der Waals surface area contributed by atoms with Gasteiger partial charge in [0, 0.05) is 12.2 Å². The lowest BCUT2D eigenvalue weighted by Gasteiger charge is -2.37. The number of carbonyl (C=O) groups is 3. The van der Waals surface area contributed by atoms with Gasteiger partial charge in [0.1, 0.15) is 11.4 Å². The summed E-state index contributed by atoms with van der Waals surface area (Å²) >= 11 is 1.20. The maximum atomic E-state index is 13.4. The van der Waals surface area contributed by atoms with Crippen molar-refractivity contribution in [1.29, 1.82) is 0 Å². The van der Waals surface area contributed by atoms with E-state index in [9.17, 15) is 14.4 Å². The third-order valence-corrected chi connectivity index (χ3v) is 6.75. The van der Waals surface area contributed by atoms with Crippen LogP contribution < -0.4 is 10.2 Å². The van der Waals surface area contributed by atoms with Crippen molar-refractivity contribution in [3.05, 3.63) is 40.3 Å². The number of methoxy groups -OCH3 is 1. The number of aromatic nitrogens is 1. The second-order valence-corrected chi connectivity index (χ2v) is 8.74. The molecular weight excluding hydrogens is 390 g/mol. The van der Waals surface area contributed by atoms with Crippen molar-refractivity contribution in [3.63, 3.8) is 0 Å². The van der Waals surface area contributed by atoms with E-state index < -0.39 is 12.0 Å². The van der Waals surface area contributed by atoms with E-state index in [4.69, 9.17) is 4.74 Å². The lowest BCUT2D eigenvalue weighted by Crippen LogP contribution is -2.51. The number of fused-ring (bicyclic) bond motifs is 1. The Balaban J connectivity index is 1.68. The zero-order chi connectivity index (χ0) is 20.5. The molecule has 3 heterocycles. The molecule has 154 valence electrons. The number of nitrogens with zero attached hydrogens (tertiary/aromatic N) is 2. The van der Waals surface area contributed by atoms with Gasteiger partial charge in [0.25, 0.3) is 0 Å². The molecular formula is C21H25N3O4S. The molecule has 8 heteroatoms. The highest BCUT2D eigenvalue weighted by Crippen LogP contribution is 2.37. The number of hydrogen-bond donors (Lipinski definition) is 1. The zero-order valence-electron chi connectivity index (χ0n) is 16.6. The van der Waals surface area contributed by atoms with Crippen LogP contribution in [0.2, 0.25) is 0 Å². The van der Waals surface area contributed by atoms with Crippen molar-refractivity contribution in [2.75, 3.05) is 12.0 Å². The Labute approximate surface area is 173 Å². The van der Waals surface area contributed by atoms with E-state index in [1.54, 1.807) is 16.0 Å². The first-order valence-electron chi connectivity index (χ1n) is 9.93. The van der Waals surface area contributed by atoms with E-state index >= 15 is 0 Å². The highest BCUT2D eigenvalue weighted by Gasteiger charge is 2.41. The molecule has 0 saturated heterocycles. The number of carbonyl (C=O) groups excluding carboxylic acids is 3. The molecule has 29 heavy (non-hydrogen) atoms. The normalized spacial score (nSPS) is 24.1. The highest BCUT2D eigenvalue weighted by atomic mass is 32.1. The summed E-state index contributed by atoms with van der Waals surface area (Å²) in [4.78, 5) is 40.4. The second kappa shape index (κ2) is 8.02. The average Bonchev–Trinajstić information content (AvgIpc) is 3.37. The van der Waals surface area contributed by atoms with Crippen LogP contribution in [0.1, 0.15) is 54.0 Å². The predicted octanol–water partition coefficient (Wildman–Crippen LogP) is 3.12. The van der Waals surface area contributed by atoms with Crippen LogP contribution in [0.3, 0.4) is 0 Å². The first-order chi connectivity index (χ1) is 14.0. The summed E-state index contributed by atoms with van der Waals surface area (Å²) in [5.41, 5.74) is 1.17. The zero-order valence-corrected chi connectivity index (χ0v) is 17.4. The summed E-state index contributed by atoms with van der Waals surface area (Å²) in [7, 11) is 1.31. The molecule has 2 aliphatic rings. The number of anilines is 1. The van der Waals surface area contributed by atoms with Gasteiger partial charge in [-0.25, -0.2) is 4.79 Å². The van der Waals surface area contributed by atoms with E-state index in [1.807, 2.05) is 18.3 Å². The molecule has 1 atom stereocenters. The minimum Gasteiger partial charge on any atom is -0.465 e. The molecule has 7 nitrogen and oxygen atoms in total. The second-order valence-electron chi connectivity index (χ2n) is 7.82. The summed E-state index contributed by atoms with van der Waals surface area (Å²) in [6, 6.07) is 4.70.